The molecule has 0 atom stereocenters. The topological polar surface area (TPSA) is 66.1 Å². The molecule has 0 aromatic carbocycles. The minimum atomic E-state index is -0.278. The summed E-state index contributed by atoms with van der Waals surface area (Å²) in [7, 11) is 0. The minimum Gasteiger partial charge on any atom is -0.336 e. The van der Waals surface area contributed by atoms with Gasteiger partial charge >= 0.3 is 0 Å². The highest BCUT2D eigenvalue weighted by Gasteiger charge is 2.20. The van der Waals surface area contributed by atoms with Gasteiger partial charge in [0.15, 0.2) is 0 Å². The van der Waals surface area contributed by atoms with Crippen molar-refractivity contribution in [3.63, 3.8) is 0 Å². The van der Waals surface area contributed by atoms with Gasteiger partial charge in [0, 0.05) is 24.3 Å². The molecule has 0 spiro atoms. The molecule has 0 aliphatic heterocycles. The van der Waals surface area contributed by atoms with Gasteiger partial charge in [0.25, 0.3) is 5.56 Å². The zero-order valence-corrected chi connectivity index (χ0v) is 11.8. The van der Waals surface area contributed by atoms with Crippen LogP contribution in [0.1, 0.15) is 33.3 Å². The predicted molar refractivity (Wildman–Crippen MR) is 72.5 cm³/mol. The average molecular weight is 261 g/mol. The molecule has 1 aromatic heterocycles. The quantitative estimate of drug-likeness (QED) is 0.822. The highest BCUT2D eigenvalue weighted by atomic mass is 16.2. The lowest BCUT2D eigenvalue weighted by Crippen LogP contribution is -2.44. The van der Waals surface area contributed by atoms with E-state index >= 15 is 0 Å². The lowest BCUT2D eigenvalue weighted by Gasteiger charge is -2.31. The molecule has 1 heterocycles. The SMILES string of the molecule is CC(C)N(C(=O)Cn1cc(C#N)ccc1=O)C(C)C. The van der Waals surface area contributed by atoms with Gasteiger partial charge in [-0.15, -0.1) is 0 Å². The first kappa shape index (κ1) is 15.0. The van der Waals surface area contributed by atoms with Crippen molar-refractivity contribution in [2.24, 2.45) is 0 Å². The van der Waals surface area contributed by atoms with Crippen LogP contribution in [0.25, 0.3) is 0 Å². The Labute approximate surface area is 113 Å². The van der Waals surface area contributed by atoms with Crippen molar-refractivity contribution < 1.29 is 4.79 Å². The molecule has 0 bridgehead atoms. The molecule has 0 saturated heterocycles. The Hall–Kier alpha value is -2.09. The fourth-order valence-electron chi connectivity index (χ4n) is 2.12. The van der Waals surface area contributed by atoms with Crippen molar-refractivity contribution in [2.75, 3.05) is 0 Å². The van der Waals surface area contributed by atoms with Gasteiger partial charge in [0.05, 0.1) is 5.56 Å². The summed E-state index contributed by atoms with van der Waals surface area (Å²) in [4.78, 5) is 25.6. The highest BCUT2D eigenvalue weighted by molar-refractivity contribution is 5.76. The van der Waals surface area contributed by atoms with E-state index in [1.165, 1.54) is 22.9 Å². The second-order valence-corrected chi connectivity index (χ2v) is 4.98. The first-order chi connectivity index (χ1) is 8.86. The lowest BCUT2D eigenvalue weighted by molar-refractivity contribution is -0.135. The second kappa shape index (κ2) is 6.19. The summed E-state index contributed by atoms with van der Waals surface area (Å²) >= 11 is 0. The van der Waals surface area contributed by atoms with Gasteiger partial charge in [-0.25, -0.2) is 0 Å². The number of hydrogen-bond acceptors (Lipinski definition) is 3. The number of hydrogen-bond donors (Lipinski definition) is 0. The maximum atomic E-state index is 12.2. The number of nitrogens with zero attached hydrogens (tertiary/aromatic N) is 3. The number of aromatic nitrogens is 1. The van der Waals surface area contributed by atoms with E-state index in [0.29, 0.717) is 5.56 Å². The van der Waals surface area contributed by atoms with Crippen LogP contribution in [0, 0.1) is 11.3 Å². The molecule has 5 nitrogen and oxygen atoms in total. The molecule has 102 valence electrons. The molecule has 0 N–H and O–H groups in total. The van der Waals surface area contributed by atoms with Crippen molar-refractivity contribution >= 4 is 5.91 Å². The number of carbonyl (C=O) groups is 1. The van der Waals surface area contributed by atoms with E-state index in [1.807, 2.05) is 33.8 Å². The Morgan fingerprint density at radius 2 is 1.89 bits per heavy atom. The van der Waals surface area contributed by atoms with Crippen LogP contribution in [0.15, 0.2) is 23.1 Å². The second-order valence-electron chi connectivity index (χ2n) is 4.98. The normalized spacial score (nSPS) is 10.6. The van der Waals surface area contributed by atoms with Crippen LogP contribution in [0.2, 0.25) is 0 Å². The predicted octanol–water partition coefficient (Wildman–Crippen LogP) is 1.37. The molecular formula is C14H19N3O2. The van der Waals surface area contributed by atoms with E-state index in [1.54, 1.807) is 4.90 Å². The molecular weight excluding hydrogens is 242 g/mol. The standard InChI is InChI=1S/C14H19N3O2/c1-10(2)17(11(3)4)14(19)9-16-8-12(7-15)5-6-13(16)18/h5-6,8,10-11H,9H2,1-4H3. The van der Waals surface area contributed by atoms with Gasteiger partial charge < -0.3 is 9.47 Å². The van der Waals surface area contributed by atoms with E-state index in [0.717, 1.165) is 0 Å². The van der Waals surface area contributed by atoms with Crippen molar-refractivity contribution in [1.29, 1.82) is 5.26 Å². The zero-order chi connectivity index (χ0) is 14.6. The first-order valence-electron chi connectivity index (χ1n) is 6.28. The molecule has 0 fully saturated rings. The largest absolute Gasteiger partial charge is 0.336 e. The summed E-state index contributed by atoms with van der Waals surface area (Å²) in [5.41, 5.74) is 0.0906. The van der Waals surface area contributed by atoms with E-state index in [9.17, 15) is 9.59 Å². The maximum Gasteiger partial charge on any atom is 0.251 e. The number of carbonyl (C=O) groups excluding carboxylic acids is 1. The van der Waals surface area contributed by atoms with Crippen molar-refractivity contribution in [3.05, 3.63) is 34.2 Å². The Kier molecular flexibility index (Phi) is 4.87. The first-order valence-corrected chi connectivity index (χ1v) is 6.28. The van der Waals surface area contributed by atoms with Gasteiger partial charge in [-0.1, -0.05) is 0 Å². The molecule has 0 aliphatic rings. The van der Waals surface area contributed by atoms with Crippen LogP contribution in [-0.4, -0.2) is 27.5 Å². The van der Waals surface area contributed by atoms with Crippen LogP contribution in [-0.2, 0) is 11.3 Å². The van der Waals surface area contributed by atoms with Crippen LogP contribution < -0.4 is 5.56 Å². The Morgan fingerprint density at radius 3 is 2.37 bits per heavy atom. The van der Waals surface area contributed by atoms with Crippen molar-refractivity contribution in [1.82, 2.24) is 9.47 Å². The Balaban J connectivity index is 2.99. The highest BCUT2D eigenvalue weighted by Crippen LogP contribution is 2.06. The van der Waals surface area contributed by atoms with Crippen LogP contribution in [0.3, 0.4) is 0 Å². The third-order valence-corrected chi connectivity index (χ3v) is 2.82. The minimum absolute atomic E-state index is 0.0370. The number of nitriles is 1. The Morgan fingerprint density at radius 1 is 1.32 bits per heavy atom. The molecule has 1 rings (SSSR count). The number of amides is 1. The summed E-state index contributed by atoms with van der Waals surface area (Å²) < 4.78 is 1.28. The third kappa shape index (κ3) is 3.68. The van der Waals surface area contributed by atoms with Crippen LogP contribution in [0.5, 0.6) is 0 Å². The molecule has 0 aliphatic carbocycles. The monoisotopic (exact) mass is 261 g/mol. The molecule has 1 aromatic rings. The molecule has 19 heavy (non-hydrogen) atoms. The number of rotatable bonds is 4. The third-order valence-electron chi connectivity index (χ3n) is 2.82. The van der Waals surface area contributed by atoms with Crippen molar-refractivity contribution in [3.8, 4) is 6.07 Å². The summed E-state index contributed by atoms with van der Waals surface area (Å²) in [5, 5.41) is 8.81. The molecule has 0 unspecified atom stereocenters. The Bertz CT molecular complexity index is 545. The smallest absolute Gasteiger partial charge is 0.251 e. The molecule has 0 radical (unpaired) electrons. The van der Waals surface area contributed by atoms with Gasteiger partial charge in [-0.05, 0) is 33.8 Å². The molecule has 0 saturated carbocycles. The number of pyridine rings is 1. The maximum absolute atomic E-state index is 12.2. The van der Waals surface area contributed by atoms with E-state index < -0.39 is 0 Å². The molecule has 1 amide bonds. The zero-order valence-electron chi connectivity index (χ0n) is 11.8. The van der Waals surface area contributed by atoms with Gasteiger partial charge in [0.2, 0.25) is 5.91 Å². The average Bonchev–Trinajstić information content (AvgIpc) is 2.30. The van der Waals surface area contributed by atoms with E-state index in [2.05, 4.69) is 0 Å². The van der Waals surface area contributed by atoms with Crippen LogP contribution >= 0.6 is 0 Å². The van der Waals surface area contributed by atoms with Gasteiger partial charge in [0.1, 0.15) is 12.6 Å². The lowest BCUT2D eigenvalue weighted by atomic mass is 10.2. The fraction of sp³-hybridized carbons (Fsp3) is 0.500. The summed E-state index contributed by atoms with van der Waals surface area (Å²) in [5.74, 6) is -0.123. The summed E-state index contributed by atoms with van der Waals surface area (Å²) in [6.07, 6.45) is 1.42. The fourth-order valence-corrected chi connectivity index (χ4v) is 2.12. The summed E-state index contributed by atoms with van der Waals surface area (Å²) in [6.45, 7) is 7.71. The summed E-state index contributed by atoms with van der Waals surface area (Å²) in [6, 6.07) is 4.86. The van der Waals surface area contributed by atoms with Crippen LogP contribution in [0.4, 0.5) is 0 Å². The van der Waals surface area contributed by atoms with E-state index in [-0.39, 0.29) is 30.1 Å². The van der Waals surface area contributed by atoms with Gasteiger partial charge in [-0.2, -0.15) is 5.26 Å². The van der Waals surface area contributed by atoms with E-state index in [4.69, 9.17) is 5.26 Å². The van der Waals surface area contributed by atoms with Crippen molar-refractivity contribution in [2.45, 2.75) is 46.3 Å². The molecule has 5 heteroatoms. The van der Waals surface area contributed by atoms with Gasteiger partial charge in [-0.3, -0.25) is 9.59 Å².